The van der Waals surface area contributed by atoms with Gasteiger partial charge in [-0.05, 0) is 19.1 Å². The van der Waals surface area contributed by atoms with Crippen molar-refractivity contribution in [1.29, 1.82) is 0 Å². The maximum atomic E-state index is 11.5. The Kier molecular flexibility index (Phi) is 6.18. The third-order valence-electron chi connectivity index (χ3n) is 2.28. The molecular formula is C13H16N2O5. The van der Waals surface area contributed by atoms with Gasteiger partial charge < -0.3 is 20.5 Å². The van der Waals surface area contributed by atoms with Crippen LogP contribution in [0.3, 0.4) is 0 Å². The number of aliphatic carboxylic acids is 1. The summed E-state index contributed by atoms with van der Waals surface area (Å²) in [6.45, 7) is 1.33. The second-order valence-electron chi connectivity index (χ2n) is 3.96. The van der Waals surface area contributed by atoms with Crippen LogP contribution >= 0.6 is 0 Å². The van der Waals surface area contributed by atoms with Crippen LogP contribution in [0.25, 0.3) is 0 Å². The summed E-state index contributed by atoms with van der Waals surface area (Å²) < 4.78 is 4.76. The number of carboxylic acid groups (broad SMARTS) is 1. The van der Waals surface area contributed by atoms with Gasteiger partial charge in [-0.3, -0.25) is 4.79 Å². The molecular weight excluding hydrogens is 264 g/mol. The molecule has 0 atom stereocenters. The summed E-state index contributed by atoms with van der Waals surface area (Å²) in [7, 11) is 0. The summed E-state index contributed by atoms with van der Waals surface area (Å²) in [6.07, 6.45) is 0. The Labute approximate surface area is 115 Å². The first-order valence-corrected chi connectivity index (χ1v) is 5.94. The maximum Gasteiger partial charge on any atom is 0.329 e. The zero-order chi connectivity index (χ0) is 15.0. The molecule has 1 rings (SSSR count). The number of carbonyl (C=O) groups excluding carboxylic acids is 2. The van der Waals surface area contributed by atoms with Gasteiger partial charge in [-0.2, -0.15) is 0 Å². The molecule has 0 aromatic heterocycles. The lowest BCUT2D eigenvalue weighted by Crippen LogP contribution is -2.32. The first-order chi connectivity index (χ1) is 9.49. The van der Waals surface area contributed by atoms with Crippen molar-refractivity contribution in [2.75, 3.05) is 25.1 Å². The molecule has 0 saturated carbocycles. The summed E-state index contributed by atoms with van der Waals surface area (Å²) >= 11 is 0. The molecule has 0 aliphatic carbocycles. The van der Waals surface area contributed by atoms with E-state index in [2.05, 4.69) is 10.6 Å². The average Bonchev–Trinajstić information content (AvgIpc) is 2.38. The molecule has 0 unspecified atom stereocenters. The van der Waals surface area contributed by atoms with E-state index in [1.54, 1.807) is 24.3 Å². The van der Waals surface area contributed by atoms with Crippen LogP contribution < -0.4 is 10.6 Å². The van der Waals surface area contributed by atoms with Gasteiger partial charge in [0.2, 0.25) is 0 Å². The molecule has 0 bridgehead atoms. The van der Waals surface area contributed by atoms with Gasteiger partial charge >= 0.3 is 12.0 Å². The zero-order valence-electron chi connectivity index (χ0n) is 11.0. The molecule has 3 N–H and O–H groups in total. The molecule has 0 radical (unpaired) electrons. The Morgan fingerprint density at radius 1 is 1.30 bits per heavy atom. The lowest BCUT2D eigenvalue weighted by Gasteiger charge is -2.08. The van der Waals surface area contributed by atoms with E-state index in [0.29, 0.717) is 11.3 Å². The molecule has 7 nitrogen and oxygen atoms in total. The van der Waals surface area contributed by atoms with Crippen molar-refractivity contribution in [2.24, 2.45) is 0 Å². The molecule has 108 valence electrons. The highest BCUT2D eigenvalue weighted by Crippen LogP contribution is 2.10. The number of anilines is 1. The van der Waals surface area contributed by atoms with Crippen molar-refractivity contribution >= 4 is 23.5 Å². The number of Topliss-reactive ketones (excluding diaryl/α,β-unsaturated/α-hetero) is 1. The third-order valence-corrected chi connectivity index (χ3v) is 2.28. The second-order valence-corrected chi connectivity index (χ2v) is 3.96. The number of benzene rings is 1. The third kappa shape index (κ3) is 5.96. The van der Waals surface area contributed by atoms with Crippen molar-refractivity contribution in [1.82, 2.24) is 5.32 Å². The summed E-state index contributed by atoms with van der Waals surface area (Å²) in [5.41, 5.74) is 1.01. The molecule has 0 aliphatic heterocycles. The molecule has 7 heteroatoms. The minimum absolute atomic E-state index is 0.0869. The van der Waals surface area contributed by atoms with Crippen molar-refractivity contribution in [2.45, 2.75) is 6.92 Å². The molecule has 2 amide bonds. The number of hydrogen-bond donors (Lipinski definition) is 3. The number of hydrogen-bond acceptors (Lipinski definition) is 4. The number of ketones is 1. The molecule has 20 heavy (non-hydrogen) atoms. The molecule has 1 aromatic carbocycles. The summed E-state index contributed by atoms with van der Waals surface area (Å²) in [6, 6.07) is 6.10. The van der Waals surface area contributed by atoms with Gasteiger partial charge in [0.05, 0.1) is 6.61 Å². The molecule has 1 aromatic rings. The Morgan fingerprint density at radius 3 is 2.70 bits per heavy atom. The van der Waals surface area contributed by atoms with E-state index in [-0.39, 0.29) is 18.9 Å². The largest absolute Gasteiger partial charge is 0.480 e. The van der Waals surface area contributed by atoms with Crippen LogP contribution in [0.2, 0.25) is 0 Å². The predicted molar refractivity (Wildman–Crippen MR) is 71.9 cm³/mol. The van der Waals surface area contributed by atoms with E-state index in [4.69, 9.17) is 9.84 Å². The minimum Gasteiger partial charge on any atom is -0.480 e. The predicted octanol–water partition coefficient (Wildman–Crippen LogP) is 1.11. The molecule has 0 heterocycles. The van der Waals surface area contributed by atoms with E-state index in [1.807, 2.05) is 0 Å². The number of ether oxygens (including phenoxy) is 1. The van der Waals surface area contributed by atoms with Gasteiger partial charge in [-0.15, -0.1) is 0 Å². The highest BCUT2D eigenvalue weighted by Gasteiger charge is 2.04. The van der Waals surface area contributed by atoms with E-state index in [1.165, 1.54) is 6.92 Å². The highest BCUT2D eigenvalue weighted by atomic mass is 16.5. The van der Waals surface area contributed by atoms with Crippen LogP contribution in [0.1, 0.15) is 17.3 Å². The zero-order valence-corrected chi connectivity index (χ0v) is 11.0. The number of carboxylic acids is 1. The van der Waals surface area contributed by atoms with Gasteiger partial charge in [0.15, 0.2) is 5.78 Å². The fraction of sp³-hybridized carbons (Fsp3) is 0.308. The summed E-state index contributed by atoms with van der Waals surface area (Å²) in [5, 5.41) is 13.4. The molecule has 0 aliphatic rings. The van der Waals surface area contributed by atoms with Gasteiger partial charge in [0.1, 0.15) is 6.61 Å². The topological polar surface area (TPSA) is 105 Å². The lowest BCUT2D eigenvalue weighted by atomic mass is 10.1. The van der Waals surface area contributed by atoms with Crippen LogP contribution in [0.5, 0.6) is 0 Å². The van der Waals surface area contributed by atoms with Crippen molar-refractivity contribution in [3.8, 4) is 0 Å². The smallest absolute Gasteiger partial charge is 0.329 e. The van der Waals surface area contributed by atoms with Crippen LogP contribution in [0.15, 0.2) is 24.3 Å². The monoisotopic (exact) mass is 280 g/mol. The SMILES string of the molecule is CC(=O)c1cccc(NC(=O)NCCOCC(=O)O)c1. The van der Waals surface area contributed by atoms with E-state index in [0.717, 1.165) is 0 Å². The van der Waals surface area contributed by atoms with Crippen molar-refractivity contribution in [3.05, 3.63) is 29.8 Å². The number of carbonyl (C=O) groups is 3. The van der Waals surface area contributed by atoms with Crippen molar-refractivity contribution < 1.29 is 24.2 Å². The number of nitrogens with one attached hydrogen (secondary N) is 2. The normalized spacial score (nSPS) is 9.85. The summed E-state index contributed by atoms with van der Waals surface area (Å²) in [4.78, 5) is 32.9. The van der Waals surface area contributed by atoms with Crippen LogP contribution in [-0.2, 0) is 9.53 Å². The van der Waals surface area contributed by atoms with E-state index < -0.39 is 18.6 Å². The Hall–Kier alpha value is -2.41. The Balaban J connectivity index is 2.33. The van der Waals surface area contributed by atoms with E-state index >= 15 is 0 Å². The van der Waals surface area contributed by atoms with Gasteiger partial charge in [0, 0.05) is 17.8 Å². The Bertz CT molecular complexity index is 501. The number of amides is 2. The lowest BCUT2D eigenvalue weighted by molar-refractivity contribution is -0.142. The number of urea groups is 1. The van der Waals surface area contributed by atoms with Crippen LogP contribution in [0, 0.1) is 0 Å². The fourth-order valence-electron chi connectivity index (χ4n) is 1.39. The van der Waals surface area contributed by atoms with Crippen LogP contribution in [-0.4, -0.2) is 42.6 Å². The fourth-order valence-corrected chi connectivity index (χ4v) is 1.39. The van der Waals surface area contributed by atoms with Crippen LogP contribution in [0.4, 0.5) is 10.5 Å². The van der Waals surface area contributed by atoms with Gasteiger partial charge in [-0.25, -0.2) is 9.59 Å². The molecule has 0 saturated heterocycles. The van der Waals surface area contributed by atoms with E-state index in [9.17, 15) is 14.4 Å². The Morgan fingerprint density at radius 2 is 2.05 bits per heavy atom. The average molecular weight is 280 g/mol. The minimum atomic E-state index is -1.06. The standard InChI is InChI=1S/C13H16N2O5/c1-9(16)10-3-2-4-11(7-10)15-13(19)14-5-6-20-8-12(17)18/h2-4,7H,5-6,8H2,1H3,(H,17,18)(H2,14,15,19). The van der Waals surface area contributed by atoms with Gasteiger partial charge in [-0.1, -0.05) is 12.1 Å². The molecule has 0 spiro atoms. The first kappa shape index (κ1) is 15.6. The van der Waals surface area contributed by atoms with Gasteiger partial charge in [0.25, 0.3) is 0 Å². The summed E-state index contributed by atoms with van der Waals surface area (Å²) in [5.74, 6) is -1.15. The maximum absolute atomic E-state index is 11.5. The quantitative estimate of drug-likeness (QED) is 0.512. The highest BCUT2D eigenvalue weighted by molar-refractivity contribution is 5.96. The number of rotatable bonds is 7. The molecule has 0 fully saturated rings. The first-order valence-electron chi connectivity index (χ1n) is 5.94. The van der Waals surface area contributed by atoms with Crippen molar-refractivity contribution in [3.63, 3.8) is 0 Å². The second kappa shape index (κ2) is 7.90.